The van der Waals surface area contributed by atoms with E-state index >= 15 is 0 Å². The zero-order valence-corrected chi connectivity index (χ0v) is 18.3. The Morgan fingerprint density at radius 2 is 2.03 bits per heavy atom. The Morgan fingerprint density at radius 1 is 1.28 bits per heavy atom. The second-order valence-corrected chi connectivity index (χ2v) is 7.95. The van der Waals surface area contributed by atoms with Crippen molar-refractivity contribution in [3.05, 3.63) is 91.2 Å². The maximum atomic E-state index is 13.5. The number of hydrogen-bond acceptors (Lipinski definition) is 6. The molecule has 0 fully saturated rings. The molecule has 160 valence electrons. The zero-order valence-electron chi connectivity index (χ0n) is 17.6. The molecule has 4 aromatic rings. The van der Waals surface area contributed by atoms with Gasteiger partial charge in [0.1, 0.15) is 17.2 Å². The molecular weight excluding hydrogens is 430 g/mol. The average Bonchev–Trinajstić information content (AvgIpc) is 3.08. The molecule has 0 spiro atoms. The lowest BCUT2D eigenvalue weighted by Gasteiger charge is -2.15. The molecule has 0 saturated carbocycles. The third kappa shape index (κ3) is 3.35. The predicted molar refractivity (Wildman–Crippen MR) is 119 cm³/mol. The predicted octanol–water partition coefficient (Wildman–Crippen LogP) is 4.42. The maximum Gasteiger partial charge on any atom is 0.271 e. The Bertz CT molecular complexity index is 1490. The number of halogens is 1. The second kappa shape index (κ2) is 7.98. The molecule has 1 aromatic carbocycles. The van der Waals surface area contributed by atoms with Crippen LogP contribution in [-0.4, -0.2) is 20.4 Å². The van der Waals surface area contributed by atoms with Crippen LogP contribution < -0.4 is 5.56 Å². The molecule has 7 nitrogen and oxygen atoms in total. The highest BCUT2D eigenvalue weighted by Gasteiger charge is 2.29. The summed E-state index contributed by atoms with van der Waals surface area (Å²) in [7, 11) is 0. The number of fused-ring (bicyclic) bond motifs is 1. The van der Waals surface area contributed by atoms with Crippen molar-refractivity contribution in [1.29, 1.82) is 5.26 Å². The van der Waals surface area contributed by atoms with Crippen molar-refractivity contribution in [2.45, 2.75) is 27.3 Å². The number of carbonyl (C=O) groups excluding carboxylic acids is 1. The van der Waals surface area contributed by atoms with Crippen LogP contribution in [-0.2, 0) is 6.54 Å². The largest absolute Gasteiger partial charge is 0.494 e. The normalized spacial score (nSPS) is 11.0. The molecule has 0 amide bonds. The molecule has 0 radical (unpaired) electrons. The van der Waals surface area contributed by atoms with Crippen LogP contribution in [0.15, 0.2) is 45.9 Å². The minimum absolute atomic E-state index is 0.00975. The van der Waals surface area contributed by atoms with Gasteiger partial charge in [-0.05, 0) is 55.7 Å². The van der Waals surface area contributed by atoms with E-state index in [4.69, 9.17) is 16.0 Å². The first-order valence-corrected chi connectivity index (χ1v) is 10.1. The molecule has 4 rings (SSSR count). The monoisotopic (exact) mass is 447 g/mol. The lowest BCUT2D eigenvalue weighted by molar-refractivity contribution is 0.101. The number of furan rings is 1. The van der Waals surface area contributed by atoms with Gasteiger partial charge in [-0.15, -0.1) is 0 Å². The first-order valence-electron chi connectivity index (χ1n) is 9.73. The second-order valence-electron chi connectivity index (χ2n) is 7.55. The van der Waals surface area contributed by atoms with Crippen LogP contribution in [0.1, 0.15) is 43.9 Å². The van der Waals surface area contributed by atoms with E-state index in [1.54, 1.807) is 37.4 Å². The molecule has 0 aliphatic rings. The van der Waals surface area contributed by atoms with E-state index in [0.717, 1.165) is 10.1 Å². The number of pyridine rings is 2. The summed E-state index contributed by atoms with van der Waals surface area (Å²) in [6, 6.07) is 8.73. The van der Waals surface area contributed by atoms with Gasteiger partial charge >= 0.3 is 0 Å². The maximum absolute atomic E-state index is 13.5. The summed E-state index contributed by atoms with van der Waals surface area (Å²) in [5.74, 6) is -1.15. The Morgan fingerprint density at radius 3 is 2.69 bits per heavy atom. The van der Waals surface area contributed by atoms with Gasteiger partial charge in [0.25, 0.3) is 5.56 Å². The summed E-state index contributed by atoms with van der Waals surface area (Å²) in [4.78, 5) is 30.4. The van der Waals surface area contributed by atoms with E-state index in [1.165, 1.54) is 13.1 Å². The van der Waals surface area contributed by atoms with Gasteiger partial charge in [-0.25, -0.2) is 0 Å². The molecule has 3 heterocycles. The molecule has 0 saturated heterocycles. The summed E-state index contributed by atoms with van der Waals surface area (Å²) in [6.07, 6.45) is 3.12. The van der Waals surface area contributed by atoms with Gasteiger partial charge in [0.15, 0.2) is 5.76 Å². The molecule has 0 aliphatic heterocycles. The molecule has 0 aliphatic carbocycles. The van der Waals surface area contributed by atoms with Crippen molar-refractivity contribution < 1.29 is 14.3 Å². The smallest absolute Gasteiger partial charge is 0.271 e. The first-order chi connectivity index (χ1) is 15.2. The van der Waals surface area contributed by atoms with E-state index in [0.29, 0.717) is 27.1 Å². The number of nitrogens with zero attached hydrogens (tertiary/aromatic N) is 3. The summed E-state index contributed by atoms with van der Waals surface area (Å²) < 4.78 is 6.82. The Kier molecular flexibility index (Phi) is 5.33. The molecule has 0 unspecified atom stereocenters. The van der Waals surface area contributed by atoms with E-state index in [-0.39, 0.29) is 29.0 Å². The Hall–Kier alpha value is -3.89. The first kappa shape index (κ1) is 21.3. The van der Waals surface area contributed by atoms with E-state index in [2.05, 4.69) is 4.98 Å². The zero-order chi connectivity index (χ0) is 23.2. The van der Waals surface area contributed by atoms with Crippen LogP contribution in [0, 0.1) is 32.1 Å². The fourth-order valence-electron chi connectivity index (χ4n) is 3.72. The fraction of sp³-hybridized carbons (Fsp3) is 0.167. The number of ketones is 1. The van der Waals surface area contributed by atoms with Crippen molar-refractivity contribution in [3.8, 4) is 11.9 Å². The highest BCUT2D eigenvalue weighted by Crippen LogP contribution is 2.33. The van der Waals surface area contributed by atoms with Gasteiger partial charge < -0.3 is 9.52 Å². The number of rotatable bonds is 4. The minimum atomic E-state index is -0.688. The average molecular weight is 448 g/mol. The van der Waals surface area contributed by atoms with Crippen molar-refractivity contribution >= 4 is 28.4 Å². The van der Waals surface area contributed by atoms with Crippen LogP contribution in [0.2, 0.25) is 5.02 Å². The molecule has 0 bridgehead atoms. The molecule has 1 N–H and O–H groups in total. The SMILES string of the molecule is Cc1cc2oc(C(=O)c3c(C)c(C#N)c(=O)n(Cc4cccnc4)c3O)c(C)c2cc1Cl. The summed E-state index contributed by atoms with van der Waals surface area (Å²) in [5.41, 5.74) is 1.48. The van der Waals surface area contributed by atoms with Gasteiger partial charge in [-0.1, -0.05) is 17.7 Å². The van der Waals surface area contributed by atoms with Crippen molar-refractivity contribution in [2.24, 2.45) is 0 Å². The van der Waals surface area contributed by atoms with Crippen molar-refractivity contribution in [3.63, 3.8) is 0 Å². The van der Waals surface area contributed by atoms with E-state index < -0.39 is 17.2 Å². The number of aryl methyl sites for hydroxylation is 2. The molecule has 3 aromatic heterocycles. The van der Waals surface area contributed by atoms with E-state index in [9.17, 15) is 20.0 Å². The van der Waals surface area contributed by atoms with Crippen LogP contribution in [0.4, 0.5) is 0 Å². The Labute approximate surface area is 188 Å². The standard InChI is InChI=1S/C24H18ClN3O4/c1-12-7-19-16(8-18(12)25)14(3)22(32-19)21(29)20-13(2)17(9-26)23(30)28(24(20)31)11-15-5-4-6-27-10-15/h4-8,10,31H,11H2,1-3H3. The highest BCUT2D eigenvalue weighted by atomic mass is 35.5. The number of nitriles is 1. The highest BCUT2D eigenvalue weighted by molar-refractivity contribution is 6.32. The van der Waals surface area contributed by atoms with Gasteiger partial charge in [0.05, 0.1) is 12.1 Å². The van der Waals surface area contributed by atoms with Crippen LogP contribution >= 0.6 is 11.6 Å². The third-order valence-electron chi connectivity index (χ3n) is 5.51. The Balaban J connectivity index is 1.94. The van der Waals surface area contributed by atoms with Crippen molar-refractivity contribution in [1.82, 2.24) is 9.55 Å². The van der Waals surface area contributed by atoms with Gasteiger partial charge in [0, 0.05) is 28.4 Å². The number of aromatic hydroxyl groups is 1. The number of aromatic nitrogens is 2. The van der Waals surface area contributed by atoms with Crippen molar-refractivity contribution in [2.75, 3.05) is 0 Å². The van der Waals surface area contributed by atoms with Crippen LogP contribution in [0.3, 0.4) is 0 Å². The van der Waals surface area contributed by atoms with E-state index in [1.807, 2.05) is 13.0 Å². The van der Waals surface area contributed by atoms with Gasteiger partial charge in [0.2, 0.25) is 11.7 Å². The van der Waals surface area contributed by atoms with Crippen LogP contribution in [0.5, 0.6) is 5.88 Å². The summed E-state index contributed by atoms with van der Waals surface area (Å²) in [5, 5.41) is 21.8. The topological polar surface area (TPSA) is 109 Å². The minimum Gasteiger partial charge on any atom is -0.494 e. The molecule has 8 heteroatoms. The number of carbonyl (C=O) groups is 1. The van der Waals surface area contributed by atoms with Crippen LogP contribution in [0.25, 0.3) is 11.0 Å². The number of hydrogen-bond donors (Lipinski definition) is 1. The molecular formula is C24H18ClN3O4. The van der Waals surface area contributed by atoms with Gasteiger partial charge in [-0.2, -0.15) is 5.26 Å². The lowest BCUT2D eigenvalue weighted by atomic mass is 9.98. The quantitative estimate of drug-likeness (QED) is 0.463. The fourth-order valence-corrected chi connectivity index (χ4v) is 3.88. The molecule has 0 atom stereocenters. The third-order valence-corrected chi connectivity index (χ3v) is 5.92. The van der Waals surface area contributed by atoms with Gasteiger partial charge in [-0.3, -0.25) is 19.1 Å². The number of benzene rings is 1. The summed E-state index contributed by atoms with van der Waals surface area (Å²) in [6.45, 7) is 4.95. The lowest BCUT2D eigenvalue weighted by Crippen LogP contribution is -2.27. The molecule has 32 heavy (non-hydrogen) atoms. The summed E-state index contributed by atoms with van der Waals surface area (Å²) >= 11 is 6.22.